The van der Waals surface area contributed by atoms with Crippen molar-refractivity contribution in [2.75, 3.05) is 25.2 Å². The van der Waals surface area contributed by atoms with Crippen molar-refractivity contribution in [3.05, 3.63) is 29.8 Å². The van der Waals surface area contributed by atoms with E-state index in [1.165, 1.54) is 24.9 Å². The van der Waals surface area contributed by atoms with Crippen molar-refractivity contribution >= 4 is 21.6 Å². The van der Waals surface area contributed by atoms with Gasteiger partial charge in [0.05, 0.1) is 17.0 Å². The van der Waals surface area contributed by atoms with Crippen LogP contribution in [0.4, 0.5) is 0 Å². The second-order valence-corrected chi connectivity index (χ2v) is 11.4. The van der Waals surface area contributed by atoms with Crippen molar-refractivity contribution in [1.29, 1.82) is 0 Å². The highest BCUT2D eigenvalue weighted by Crippen LogP contribution is 2.30. The van der Waals surface area contributed by atoms with E-state index in [2.05, 4.69) is 24.5 Å². The van der Waals surface area contributed by atoms with Crippen LogP contribution < -0.4 is 10.6 Å². The van der Waals surface area contributed by atoms with Gasteiger partial charge in [0.2, 0.25) is 0 Å². The monoisotopic (exact) mass is 412 g/mol. The Morgan fingerprint density at radius 3 is 2.63 bits per heavy atom. The minimum Gasteiger partial charge on any atom is -0.360 e. The summed E-state index contributed by atoms with van der Waals surface area (Å²) in [5.41, 5.74) is 0.985. The smallest absolute Gasteiger partial charge is 0.175 e. The van der Waals surface area contributed by atoms with Crippen LogP contribution >= 0.6 is 11.8 Å². The van der Waals surface area contributed by atoms with E-state index < -0.39 is 9.84 Å². The minimum atomic E-state index is -3.17. The molecule has 0 aliphatic carbocycles. The van der Waals surface area contributed by atoms with E-state index >= 15 is 0 Å². The van der Waals surface area contributed by atoms with Gasteiger partial charge in [-0.2, -0.15) is 11.8 Å². The molecule has 0 amide bonds. The molecule has 152 valence electrons. The van der Waals surface area contributed by atoms with Crippen LogP contribution in [0.3, 0.4) is 0 Å². The molecule has 27 heavy (non-hydrogen) atoms. The fourth-order valence-corrected chi connectivity index (χ4v) is 5.77. The van der Waals surface area contributed by atoms with E-state index in [1.54, 1.807) is 12.1 Å². The van der Waals surface area contributed by atoms with Crippen molar-refractivity contribution in [2.24, 2.45) is 0 Å². The lowest BCUT2D eigenvalue weighted by molar-refractivity contribution is -0.0590. The third-order valence-electron chi connectivity index (χ3n) is 5.59. The number of sulfone groups is 1. The number of rotatable bonds is 7. The quantitative estimate of drug-likeness (QED) is 0.717. The van der Waals surface area contributed by atoms with Gasteiger partial charge in [-0.05, 0) is 49.6 Å². The number of piperazine rings is 1. The first-order valence-electron chi connectivity index (χ1n) is 9.86. The lowest BCUT2D eigenvalue weighted by atomic mass is 9.89. The highest BCUT2D eigenvalue weighted by molar-refractivity contribution is 8.00. The summed E-state index contributed by atoms with van der Waals surface area (Å²) in [7, 11) is -3.17. The normalized spacial score (nSPS) is 31.9. The average Bonchev–Trinajstić information content (AvgIpc) is 3.14. The fraction of sp³-hybridized carbons (Fsp3) is 0.700. The highest BCUT2D eigenvalue weighted by Gasteiger charge is 2.40. The van der Waals surface area contributed by atoms with Crippen LogP contribution in [-0.2, 0) is 14.6 Å². The van der Waals surface area contributed by atoms with Crippen molar-refractivity contribution in [3.63, 3.8) is 0 Å². The van der Waals surface area contributed by atoms with E-state index in [9.17, 15) is 8.42 Å². The molecule has 4 unspecified atom stereocenters. The first-order valence-corrected chi connectivity index (χ1v) is 12.8. The topological polar surface area (TPSA) is 67.4 Å². The lowest BCUT2D eigenvalue weighted by Crippen LogP contribution is -2.66. The maximum absolute atomic E-state index is 11.7. The van der Waals surface area contributed by atoms with Gasteiger partial charge in [0.1, 0.15) is 6.23 Å². The van der Waals surface area contributed by atoms with Crippen molar-refractivity contribution in [3.8, 4) is 0 Å². The molecule has 1 aromatic carbocycles. The highest BCUT2D eigenvalue weighted by atomic mass is 32.2. The van der Waals surface area contributed by atoms with E-state index in [1.807, 2.05) is 23.9 Å². The van der Waals surface area contributed by atoms with Gasteiger partial charge in [0, 0.05) is 24.1 Å². The van der Waals surface area contributed by atoms with E-state index in [0.29, 0.717) is 10.1 Å². The molecule has 0 saturated carbocycles. The summed E-state index contributed by atoms with van der Waals surface area (Å²) in [5, 5.41) is 7.99. The zero-order valence-electron chi connectivity index (χ0n) is 16.5. The molecule has 2 aliphatic heterocycles. The minimum absolute atomic E-state index is 0.0630. The summed E-state index contributed by atoms with van der Waals surface area (Å²) in [4.78, 5) is 0.358. The first-order chi connectivity index (χ1) is 12.8. The van der Waals surface area contributed by atoms with Gasteiger partial charge >= 0.3 is 0 Å². The zero-order valence-corrected chi connectivity index (χ0v) is 18.2. The Kier molecular flexibility index (Phi) is 6.90. The molecule has 3 rings (SSSR count). The molecule has 0 bridgehead atoms. The largest absolute Gasteiger partial charge is 0.360 e. The molecule has 2 heterocycles. The molecule has 0 radical (unpaired) electrons. The number of benzene rings is 1. The number of thioether (sulfide) groups is 1. The lowest BCUT2D eigenvalue weighted by Gasteiger charge is -2.46. The van der Waals surface area contributed by atoms with Gasteiger partial charge in [0.25, 0.3) is 0 Å². The van der Waals surface area contributed by atoms with Crippen LogP contribution in [0, 0.1) is 0 Å². The molecule has 5 nitrogen and oxygen atoms in total. The summed E-state index contributed by atoms with van der Waals surface area (Å²) < 4.78 is 29.8. The van der Waals surface area contributed by atoms with Gasteiger partial charge in [-0.15, -0.1) is 0 Å². The number of nitrogens with one attached hydrogen (secondary N) is 2. The molecule has 7 heteroatoms. The predicted molar refractivity (Wildman–Crippen MR) is 112 cm³/mol. The summed E-state index contributed by atoms with van der Waals surface area (Å²) in [5.74, 6) is 1.24. The Labute approximate surface area is 167 Å². The summed E-state index contributed by atoms with van der Waals surface area (Å²) >= 11 is 2.02. The van der Waals surface area contributed by atoms with Crippen LogP contribution in [0.1, 0.15) is 51.1 Å². The van der Waals surface area contributed by atoms with Gasteiger partial charge in [-0.25, -0.2) is 8.42 Å². The second-order valence-electron chi connectivity index (χ2n) is 7.96. The summed E-state index contributed by atoms with van der Waals surface area (Å²) in [6.45, 7) is 6.02. The Bertz CT molecular complexity index is 717. The van der Waals surface area contributed by atoms with Crippen LogP contribution in [0.15, 0.2) is 29.2 Å². The third-order valence-corrected chi connectivity index (χ3v) is 8.09. The standard InChI is InChI=1S/C20H32N2O3S2/c1-4-11-20(2)19(25-14-16-6-5-12-26-16)22-18(13-21-20)15-7-9-17(10-8-15)27(3,23)24/h7-10,16,18-19,21-22H,4-6,11-14H2,1-3H3. The third kappa shape index (κ3) is 5.26. The van der Waals surface area contributed by atoms with Crippen LogP contribution in [0.25, 0.3) is 0 Å². The first kappa shape index (κ1) is 21.1. The Hall–Kier alpha value is -0.600. The molecule has 2 fully saturated rings. The van der Waals surface area contributed by atoms with E-state index in [0.717, 1.165) is 31.6 Å². The number of ether oxygens (including phenoxy) is 1. The summed E-state index contributed by atoms with van der Waals surface area (Å²) in [6, 6.07) is 7.29. The van der Waals surface area contributed by atoms with Crippen molar-refractivity contribution < 1.29 is 13.2 Å². The van der Waals surface area contributed by atoms with Crippen LogP contribution in [0.5, 0.6) is 0 Å². The fourth-order valence-electron chi connectivity index (χ4n) is 3.97. The van der Waals surface area contributed by atoms with Gasteiger partial charge in [0.15, 0.2) is 9.84 Å². The summed E-state index contributed by atoms with van der Waals surface area (Å²) in [6.07, 6.45) is 5.84. The molecule has 0 spiro atoms. The van der Waals surface area contributed by atoms with Gasteiger partial charge < -0.3 is 10.1 Å². The molecule has 4 atom stereocenters. The van der Waals surface area contributed by atoms with Crippen molar-refractivity contribution in [2.45, 2.75) is 67.5 Å². The molecule has 1 aromatic rings. The maximum Gasteiger partial charge on any atom is 0.175 e. The Morgan fingerprint density at radius 2 is 2.04 bits per heavy atom. The number of hydrogen-bond donors (Lipinski definition) is 2. The predicted octanol–water partition coefficient (Wildman–Crippen LogP) is 3.12. The second kappa shape index (κ2) is 8.82. The average molecular weight is 413 g/mol. The van der Waals surface area contributed by atoms with Gasteiger partial charge in [-0.3, -0.25) is 5.32 Å². The zero-order chi connectivity index (χ0) is 19.5. The van der Waals surface area contributed by atoms with Gasteiger partial charge in [-0.1, -0.05) is 25.5 Å². The van der Waals surface area contributed by atoms with Crippen molar-refractivity contribution in [1.82, 2.24) is 10.6 Å². The van der Waals surface area contributed by atoms with Crippen LogP contribution in [0.2, 0.25) is 0 Å². The van der Waals surface area contributed by atoms with E-state index in [4.69, 9.17) is 4.74 Å². The molecular weight excluding hydrogens is 380 g/mol. The number of hydrogen-bond acceptors (Lipinski definition) is 6. The van der Waals surface area contributed by atoms with E-state index in [-0.39, 0.29) is 17.8 Å². The molecular formula is C20H32N2O3S2. The molecule has 2 aliphatic rings. The SMILES string of the molecule is CCCC1(C)NCC(c2ccc(S(C)(=O)=O)cc2)NC1OCC1CCCS1. The molecule has 2 saturated heterocycles. The van der Waals surface area contributed by atoms with Crippen LogP contribution in [-0.4, -0.2) is 50.6 Å². The Morgan fingerprint density at radius 1 is 1.30 bits per heavy atom. The Balaban J connectivity index is 1.70. The maximum atomic E-state index is 11.7. The molecule has 2 N–H and O–H groups in total. The molecule has 0 aromatic heterocycles.